The fourth-order valence-corrected chi connectivity index (χ4v) is 2.67. The van der Waals surface area contributed by atoms with Crippen LogP contribution in [0.25, 0.3) is 10.8 Å². The van der Waals surface area contributed by atoms with E-state index in [9.17, 15) is 4.79 Å². The zero-order valence-electron chi connectivity index (χ0n) is 9.85. The number of nitrogens with zero attached hydrogens (tertiary/aromatic N) is 3. The predicted octanol–water partition coefficient (Wildman–Crippen LogP) is 1.66. The molecule has 0 unspecified atom stereocenters. The average molecular weight is 270 g/mol. The van der Waals surface area contributed by atoms with E-state index in [1.165, 1.54) is 11.8 Å². The highest BCUT2D eigenvalue weighted by Gasteiger charge is 2.09. The topological polar surface area (TPSA) is 73.8 Å². The molecule has 0 saturated carbocycles. The molecule has 2 heterocycles. The Balaban J connectivity index is 2.19. The molecule has 5 nitrogen and oxygen atoms in total. The molecular formula is C13H10N4OS. The summed E-state index contributed by atoms with van der Waals surface area (Å²) in [6.07, 6.45) is 3.42. The molecule has 0 radical (unpaired) electrons. The molecule has 0 bridgehead atoms. The van der Waals surface area contributed by atoms with Crippen LogP contribution in [0.3, 0.4) is 0 Å². The molecule has 0 fully saturated rings. The van der Waals surface area contributed by atoms with Gasteiger partial charge in [-0.1, -0.05) is 30.0 Å². The lowest BCUT2D eigenvalue weighted by atomic mass is 10.2. The van der Waals surface area contributed by atoms with Gasteiger partial charge in [-0.05, 0) is 18.2 Å². The largest absolute Gasteiger partial charge is 0.320 e. The molecule has 0 atom stereocenters. The minimum absolute atomic E-state index is 0.297. The number of pyridine rings is 1. The molecule has 6 heteroatoms. The van der Waals surface area contributed by atoms with Crippen molar-refractivity contribution in [2.75, 3.05) is 5.84 Å². The monoisotopic (exact) mass is 270 g/mol. The van der Waals surface area contributed by atoms with Gasteiger partial charge < -0.3 is 5.84 Å². The van der Waals surface area contributed by atoms with Crippen LogP contribution in [0.5, 0.6) is 0 Å². The van der Waals surface area contributed by atoms with Crippen molar-refractivity contribution in [2.45, 2.75) is 9.92 Å². The lowest BCUT2D eigenvalue weighted by molar-refractivity contribution is 0.733. The van der Waals surface area contributed by atoms with Gasteiger partial charge in [0, 0.05) is 22.7 Å². The number of nitrogen functional groups attached to an aromatic ring is 1. The van der Waals surface area contributed by atoms with Crippen molar-refractivity contribution in [3.05, 3.63) is 59.1 Å². The highest BCUT2D eigenvalue weighted by atomic mass is 32.2. The summed E-state index contributed by atoms with van der Waals surface area (Å²) in [5.74, 6) is 5.61. The molecule has 2 N–H and O–H groups in total. The van der Waals surface area contributed by atoms with Crippen molar-refractivity contribution in [1.29, 1.82) is 0 Å². The fraction of sp³-hybridized carbons (Fsp3) is 0. The second-order valence-corrected chi connectivity index (χ2v) is 4.95. The van der Waals surface area contributed by atoms with Crippen LogP contribution >= 0.6 is 11.8 Å². The van der Waals surface area contributed by atoms with Gasteiger partial charge in [0.15, 0.2) is 0 Å². The summed E-state index contributed by atoms with van der Waals surface area (Å²) < 4.78 is 0. The van der Waals surface area contributed by atoms with E-state index in [-0.39, 0.29) is 5.56 Å². The van der Waals surface area contributed by atoms with E-state index in [1.807, 2.05) is 30.3 Å². The van der Waals surface area contributed by atoms with Gasteiger partial charge in [0.25, 0.3) is 5.56 Å². The lowest BCUT2D eigenvalue weighted by Gasteiger charge is -2.06. The van der Waals surface area contributed by atoms with Crippen LogP contribution < -0.4 is 11.4 Å². The highest BCUT2D eigenvalue weighted by molar-refractivity contribution is 7.99. The lowest BCUT2D eigenvalue weighted by Crippen LogP contribution is -2.30. The van der Waals surface area contributed by atoms with Gasteiger partial charge in [-0.25, -0.2) is 0 Å². The summed E-state index contributed by atoms with van der Waals surface area (Å²) in [5.41, 5.74) is -0.297. The number of hydrogen-bond acceptors (Lipinski definition) is 5. The molecule has 19 heavy (non-hydrogen) atoms. The van der Waals surface area contributed by atoms with Crippen LogP contribution in [0.2, 0.25) is 0 Å². The third-order valence-corrected chi connectivity index (χ3v) is 3.66. The fourth-order valence-electron chi connectivity index (χ4n) is 1.77. The summed E-state index contributed by atoms with van der Waals surface area (Å²) in [6.45, 7) is 0. The van der Waals surface area contributed by atoms with E-state index in [1.54, 1.807) is 18.5 Å². The van der Waals surface area contributed by atoms with E-state index >= 15 is 0 Å². The Kier molecular flexibility index (Phi) is 2.92. The first-order chi connectivity index (χ1) is 9.25. The SMILES string of the molecule is Nn1nc(Sc2ccncc2)c2ccccc2c1=O. The Morgan fingerprint density at radius 3 is 2.47 bits per heavy atom. The summed E-state index contributed by atoms with van der Waals surface area (Å²) in [5, 5.41) is 6.19. The van der Waals surface area contributed by atoms with Crippen LogP contribution in [0.15, 0.2) is 63.5 Å². The van der Waals surface area contributed by atoms with Gasteiger partial charge in [0.2, 0.25) is 0 Å². The van der Waals surface area contributed by atoms with Crippen molar-refractivity contribution < 1.29 is 0 Å². The molecule has 0 aliphatic carbocycles. The van der Waals surface area contributed by atoms with Crippen molar-refractivity contribution in [2.24, 2.45) is 0 Å². The van der Waals surface area contributed by atoms with Gasteiger partial charge in [-0.3, -0.25) is 9.78 Å². The molecule has 0 amide bonds. The van der Waals surface area contributed by atoms with Crippen LogP contribution in [-0.2, 0) is 0 Å². The van der Waals surface area contributed by atoms with E-state index in [0.717, 1.165) is 15.1 Å². The van der Waals surface area contributed by atoms with E-state index < -0.39 is 0 Å². The Labute approximate surface area is 113 Å². The normalized spacial score (nSPS) is 10.7. The van der Waals surface area contributed by atoms with Crippen molar-refractivity contribution in [3.63, 3.8) is 0 Å². The van der Waals surface area contributed by atoms with E-state index in [2.05, 4.69) is 10.1 Å². The molecule has 3 aromatic rings. The van der Waals surface area contributed by atoms with Crippen LogP contribution in [0, 0.1) is 0 Å². The molecule has 1 aromatic carbocycles. The predicted molar refractivity (Wildman–Crippen MR) is 74.5 cm³/mol. The minimum atomic E-state index is -0.297. The maximum atomic E-state index is 11.9. The number of benzene rings is 1. The third-order valence-electron chi connectivity index (χ3n) is 2.66. The van der Waals surface area contributed by atoms with Crippen LogP contribution in [0.4, 0.5) is 0 Å². The third kappa shape index (κ3) is 2.17. The Bertz CT molecular complexity index is 786. The number of fused-ring (bicyclic) bond motifs is 1. The molecule has 0 aliphatic heterocycles. The average Bonchev–Trinajstić information content (AvgIpc) is 2.46. The summed E-state index contributed by atoms with van der Waals surface area (Å²) >= 11 is 1.45. The van der Waals surface area contributed by atoms with Crippen molar-refractivity contribution >= 4 is 22.5 Å². The van der Waals surface area contributed by atoms with Gasteiger partial charge in [-0.15, -0.1) is 9.89 Å². The number of rotatable bonds is 2. The number of hydrogen-bond donors (Lipinski definition) is 1. The van der Waals surface area contributed by atoms with E-state index in [0.29, 0.717) is 10.4 Å². The molecule has 94 valence electrons. The summed E-state index contributed by atoms with van der Waals surface area (Å²) in [7, 11) is 0. The summed E-state index contributed by atoms with van der Waals surface area (Å²) in [6, 6.07) is 11.1. The van der Waals surface area contributed by atoms with Gasteiger partial charge in [0.1, 0.15) is 5.03 Å². The highest BCUT2D eigenvalue weighted by Crippen LogP contribution is 2.29. The van der Waals surface area contributed by atoms with Crippen molar-refractivity contribution in [1.82, 2.24) is 14.9 Å². The molecular weight excluding hydrogens is 260 g/mol. The minimum Gasteiger partial charge on any atom is -0.320 e. The Morgan fingerprint density at radius 1 is 1.05 bits per heavy atom. The van der Waals surface area contributed by atoms with Gasteiger partial charge in [-0.2, -0.15) is 0 Å². The molecule has 2 aromatic heterocycles. The standard InChI is InChI=1S/C13H10N4OS/c14-17-13(18)11-4-2-1-3-10(11)12(16-17)19-9-5-7-15-8-6-9/h1-8H,14H2. The number of aromatic nitrogens is 3. The second kappa shape index (κ2) is 4.74. The molecule has 3 rings (SSSR count). The van der Waals surface area contributed by atoms with Gasteiger partial charge >= 0.3 is 0 Å². The zero-order valence-corrected chi connectivity index (χ0v) is 10.7. The second-order valence-electron chi connectivity index (χ2n) is 3.89. The zero-order chi connectivity index (χ0) is 13.2. The first kappa shape index (κ1) is 11.7. The molecule has 0 spiro atoms. The number of nitrogens with two attached hydrogens (primary N) is 1. The van der Waals surface area contributed by atoms with Crippen LogP contribution in [-0.4, -0.2) is 14.9 Å². The van der Waals surface area contributed by atoms with Crippen LogP contribution in [0.1, 0.15) is 0 Å². The first-order valence-electron chi connectivity index (χ1n) is 5.61. The van der Waals surface area contributed by atoms with Gasteiger partial charge in [0.05, 0.1) is 5.39 Å². The Hall–Kier alpha value is -2.34. The molecule has 0 saturated heterocycles. The summed E-state index contributed by atoms with van der Waals surface area (Å²) in [4.78, 5) is 17.7. The van der Waals surface area contributed by atoms with E-state index in [4.69, 9.17) is 5.84 Å². The van der Waals surface area contributed by atoms with Crippen molar-refractivity contribution in [3.8, 4) is 0 Å². The first-order valence-corrected chi connectivity index (χ1v) is 6.42. The Morgan fingerprint density at radius 2 is 1.74 bits per heavy atom. The maximum Gasteiger partial charge on any atom is 0.293 e. The molecule has 0 aliphatic rings. The smallest absolute Gasteiger partial charge is 0.293 e. The quantitative estimate of drug-likeness (QED) is 0.717. The maximum absolute atomic E-state index is 11.9.